The summed E-state index contributed by atoms with van der Waals surface area (Å²) < 4.78 is 0. The van der Waals surface area contributed by atoms with Crippen molar-refractivity contribution >= 4 is 11.9 Å². The molecule has 3 N–H and O–H groups in total. The van der Waals surface area contributed by atoms with E-state index in [1.165, 1.54) is 6.07 Å². The molecule has 0 aliphatic heterocycles. The number of carboxylic acid groups (broad SMARTS) is 1. The third-order valence-electron chi connectivity index (χ3n) is 2.38. The zero-order valence-electron chi connectivity index (χ0n) is 9.51. The first-order valence-electron chi connectivity index (χ1n) is 5.33. The van der Waals surface area contributed by atoms with Gasteiger partial charge in [-0.3, -0.25) is 4.79 Å². The molecule has 92 valence electrons. The van der Waals surface area contributed by atoms with Gasteiger partial charge in [-0.05, 0) is 12.5 Å². The standard InChI is InChI=1S/C12H15NO4/c1-2-9(12(16)17)13-11(15)7-8-5-3-4-6-10(8)14/h3-6,9,14H,2,7H2,1H3,(H,13,15)(H,16,17)/t9-/m1/s1. The van der Waals surface area contributed by atoms with Gasteiger partial charge in [-0.2, -0.15) is 0 Å². The molecule has 0 aromatic heterocycles. The number of amides is 1. The molecule has 1 amide bonds. The molecule has 0 saturated carbocycles. The third kappa shape index (κ3) is 3.79. The van der Waals surface area contributed by atoms with Gasteiger partial charge in [0, 0.05) is 5.56 Å². The highest BCUT2D eigenvalue weighted by molar-refractivity contribution is 5.85. The lowest BCUT2D eigenvalue weighted by molar-refractivity contribution is -0.141. The Labute approximate surface area is 99.1 Å². The van der Waals surface area contributed by atoms with Gasteiger partial charge >= 0.3 is 5.97 Å². The molecule has 0 radical (unpaired) electrons. The van der Waals surface area contributed by atoms with E-state index in [2.05, 4.69) is 5.32 Å². The van der Waals surface area contributed by atoms with Gasteiger partial charge in [0.15, 0.2) is 0 Å². The molecular weight excluding hydrogens is 222 g/mol. The molecule has 0 bridgehead atoms. The minimum atomic E-state index is -1.06. The average molecular weight is 237 g/mol. The van der Waals surface area contributed by atoms with Crippen molar-refractivity contribution in [3.05, 3.63) is 29.8 Å². The molecule has 1 atom stereocenters. The Bertz CT molecular complexity index is 417. The van der Waals surface area contributed by atoms with Gasteiger partial charge in [-0.25, -0.2) is 4.79 Å². The first-order valence-corrected chi connectivity index (χ1v) is 5.33. The first-order chi connectivity index (χ1) is 8.04. The van der Waals surface area contributed by atoms with Gasteiger partial charge in [-0.1, -0.05) is 25.1 Å². The van der Waals surface area contributed by atoms with Crippen LogP contribution in [-0.2, 0) is 16.0 Å². The molecule has 0 saturated heterocycles. The summed E-state index contributed by atoms with van der Waals surface area (Å²) in [5.74, 6) is -1.44. The van der Waals surface area contributed by atoms with Crippen molar-refractivity contribution in [2.75, 3.05) is 0 Å². The normalized spacial score (nSPS) is 11.8. The van der Waals surface area contributed by atoms with Crippen molar-refractivity contribution in [1.82, 2.24) is 5.32 Å². The van der Waals surface area contributed by atoms with Crippen LogP contribution >= 0.6 is 0 Å². The minimum Gasteiger partial charge on any atom is -0.508 e. The van der Waals surface area contributed by atoms with E-state index in [-0.39, 0.29) is 12.2 Å². The van der Waals surface area contributed by atoms with Gasteiger partial charge in [0.2, 0.25) is 5.91 Å². The number of phenolic OH excluding ortho intramolecular Hbond substituents is 1. The number of phenols is 1. The maximum absolute atomic E-state index is 11.6. The van der Waals surface area contributed by atoms with Crippen LogP contribution in [0.2, 0.25) is 0 Å². The molecule has 0 unspecified atom stereocenters. The second kappa shape index (κ2) is 5.89. The quantitative estimate of drug-likeness (QED) is 0.710. The van der Waals surface area contributed by atoms with Crippen LogP contribution in [0.25, 0.3) is 0 Å². The maximum Gasteiger partial charge on any atom is 0.326 e. The second-order valence-corrected chi connectivity index (χ2v) is 3.67. The Morgan fingerprint density at radius 3 is 2.53 bits per heavy atom. The smallest absolute Gasteiger partial charge is 0.326 e. The summed E-state index contributed by atoms with van der Waals surface area (Å²) >= 11 is 0. The number of para-hydroxylation sites is 1. The SMILES string of the molecule is CC[C@@H](NC(=O)Cc1ccccc1O)C(=O)O. The van der Waals surface area contributed by atoms with Crippen molar-refractivity contribution in [1.29, 1.82) is 0 Å². The molecule has 17 heavy (non-hydrogen) atoms. The number of benzene rings is 1. The van der Waals surface area contributed by atoms with Crippen LogP contribution in [0.4, 0.5) is 0 Å². The molecule has 0 aliphatic rings. The summed E-state index contributed by atoms with van der Waals surface area (Å²) in [6.07, 6.45) is 0.290. The van der Waals surface area contributed by atoms with E-state index in [1.807, 2.05) is 0 Å². The first kappa shape index (κ1) is 13.0. The summed E-state index contributed by atoms with van der Waals surface area (Å²) in [6.45, 7) is 1.68. The van der Waals surface area contributed by atoms with E-state index in [9.17, 15) is 14.7 Å². The van der Waals surface area contributed by atoms with Crippen LogP contribution in [0.5, 0.6) is 5.75 Å². The maximum atomic E-state index is 11.6. The molecule has 1 aromatic carbocycles. The van der Waals surface area contributed by atoms with Crippen LogP contribution in [-0.4, -0.2) is 28.1 Å². The number of aliphatic carboxylic acids is 1. The average Bonchev–Trinajstić information content (AvgIpc) is 2.28. The lowest BCUT2D eigenvalue weighted by Gasteiger charge is -2.12. The monoisotopic (exact) mass is 237 g/mol. The van der Waals surface area contributed by atoms with Crippen molar-refractivity contribution in [2.24, 2.45) is 0 Å². The van der Waals surface area contributed by atoms with Gasteiger partial charge < -0.3 is 15.5 Å². The van der Waals surface area contributed by atoms with Crippen molar-refractivity contribution in [3.63, 3.8) is 0 Å². The number of carbonyl (C=O) groups excluding carboxylic acids is 1. The number of nitrogens with one attached hydrogen (secondary N) is 1. The second-order valence-electron chi connectivity index (χ2n) is 3.67. The highest BCUT2D eigenvalue weighted by Gasteiger charge is 2.18. The summed E-state index contributed by atoms with van der Waals surface area (Å²) in [5.41, 5.74) is 0.477. The van der Waals surface area contributed by atoms with Gasteiger partial charge in [-0.15, -0.1) is 0 Å². The van der Waals surface area contributed by atoms with E-state index >= 15 is 0 Å². The van der Waals surface area contributed by atoms with Crippen LogP contribution < -0.4 is 5.32 Å². The zero-order valence-corrected chi connectivity index (χ0v) is 9.51. The van der Waals surface area contributed by atoms with E-state index in [1.54, 1.807) is 25.1 Å². The minimum absolute atomic E-state index is 0.0313. The zero-order chi connectivity index (χ0) is 12.8. The molecule has 0 aliphatic carbocycles. The van der Waals surface area contributed by atoms with E-state index < -0.39 is 17.9 Å². The number of hydrogen-bond acceptors (Lipinski definition) is 3. The molecule has 5 heteroatoms. The number of carboxylic acids is 1. The predicted molar refractivity (Wildman–Crippen MR) is 61.7 cm³/mol. The Morgan fingerprint density at radius 1 is 1.35 bits per heavy atom. The molecule has 5 nitrogen and oxygen atoms in total. The fraction of sp³-hybridized carbons (Fsp3) is 0.333. The Balaban J connectivity index is 2.61. The summed E-state index contributed by atoms with van der Waals surface area (Å²) in [6, 6.07) is 5.58. The van der Waals surface area contributed by atoms with Crippen LogP contribution in [0.15, 0.2) is 24.3 Å². The van der Waals surface area contributed by atoms with Gasteiger partial charge in [0.05, 0.1) is 6.42 Å². The molecule has 1 rings (SSSR count). The van der Waals surface area contributed by atoms with Gasteiger partial charge in [0.1, 0.15) is 11.8 Å². The van der Waals surface area contributed by atoms with E-state index in [0.717, 1.165) is 0 Å². The Kier molecular flexibility index (Phi) is 4.51. The molecule has 0 fully saturated rings. The summed E-state index contributed by atoms with van der Waals surface area (Å²) in [5, 5.41) is 20.6. The lowest BCUT2D eigenvalue weighted by atomic mass is 10.1. The van der Waals surface area contributed by atoms with E-state index in [4.69, 9.17) is 5.11 Å². The molecular formula is C12H15NO4. The summed E-state index contributed by atoms with van der Waals surface area (Å²) in [7, 11) is 0. The third-order valence-corrected chi connectivity index (χ3v) is 2.38. The van der Waals surface area contributed by atoms with Gasteiger partial charge in [0.25, 0.3) is 0 Å². The number of aromatic hydroxyl groups is 1. The highest BCUT2D eigenvalue weighted by atomic mass is 16.4. The van der Waals surface area contributed by atoms with Crippen LogP contribution in [0.3, 0.4) is 0 Å². The number of rotatable bonds is 5. The topological polar surface area (TPSA) is 86.6 Å². The fourth-order valence-corrected chi connectivity index (χ4v) is 1.42. The Hall–Kier alpha value is -2.04. The molecule has 0 spiro atoms. The molecule has 1 aromatic rings. The largest absolute Gasteiger partial charge is 0.508 e. The molecule has 0 heterocycles. The predicted octanol–water partition coefficient (Wildman–Crippen LogP) is 0.914. The number of carbonyl (C=O) groups is 2. The van der Waals surface area contributed by atoms with Crippen LogP contribution in [0, 0.1) is 0 Å². The van der Waals surface area contributed by atoms with E-state index in [0.29, 0.717) is 12.0 Å². The van der Waals surface area contributed by atoms with Crippen molar-refractivity contribution in [2.45, 2.75) is 25.8 Å². The van der Waals surface area contributed by atoms with Crippen LogP contribution in [0.1, 0.15) is 18.9 Å². The lowest BCUT2D eigenvalue weighted by Crippen LogP contribution is -2.40. The summed E-state index contributed by atoms with van der Waals surface area (Å²) in [4.78, 5) is 22.3. The fourth-order valence-electron chi connectivity index (χ4n) is 1.42. The number of hydrogen-bond donors (Lipinski definition) is 3. The van der Waals surface area contributed by atoms with Crippen molar-refractivity contribution in [3.8, 4) is 5.75 Å². The Morgan fingerprint density at radius 2 is 2.00 bits per heavy atom. The van der Waals surface area contributed by atoms with Crippen molar-refractivity contribution < 1.29 is 19.8 Å². The highest BCUT2D eigenvalue weighted by Crippen LogP contribution is 2.15.